The van der Waals surface area contributed by atoms with Gasteiger partial charge in [-0.2, -0.15) is 0 Å². The van der Waals surface area contributed by atoms with Crippen LogP contribution >= 0.6 is 0 Å². The Morgan fingerprint density at radius 3 is 2.81 bits per heavy atom. The Labute approximate surface area is 155 Å². The Morgan fingerprint density at radius 1 is 1.35 bits per heavy atom. The molecule has 1 aliphatic heterocycles. The fourth-order valence-corrected chi connectivity index (χ4v) is 3.51. The number of hydrogen-bond donors (Lipinski definition) is 1. The number of carbonyl (C=O) groups is 1. The van der Waals surface area contributed by atoms with E-state index in [9.17, 15) is 4.79 Å². The van der Waals surface area contributed by atoms with Crippen LogP contribution in [0.15, 0.2) is 35.0 Å². The van der Waals surface area contributed by atoms with Crippen LogP contribution in [-0.2, 0) is 17.9 Å². The third-order valence-electron chi connectivity index (χ3n) is 5.30. The van der Waals surface area contributed by atoms with Gasteiger partial charge in [0.1, 0.15) is 11.5 Å². The summed E-state index contributed by atoms with van der Waals surface area (Å²) in [5, 5.41) is 2.99. The number of likely N-dealkylation sites (tertiary alicyclic amines) is 1. The third-order valence-corrected chi connectivity index (χ3v) is 5.30. The number of furan rings is 1. The van der Waals surface area contributed by atoms with Crippen molar-refractivity contribution in [3.05, 3.63) is 53.2 Å². The van der Waals surface area contributed by atoms with E-state index >= 15 is 0 Å². The predicted molar refractivity (Wildman–Crippen MR) is 102 cm³/mol. The molecule has 3 rings (SSSR count). The van der Waals surface area contributed by atoms with Crippen molar-refractivity contribution in [3.8, 4) is 0 Å². The summed E-state index contributed by atoms with van der Waals surface area (Å²) in [5.74, 6) is 2.87. The van der Waals surface area contributed by atoms with Gasteiger partial charge in [-0.15, -0.1) is 0 Å². The summed E-state index contributed by atoms with van der Waals surface area (Å²) >= 11 is 0. The normalized spacial score (nSPS) is 15.9. The average molecular weight is 355 g/mol. The number of carbonyl (C=O) groups excluding carboxylic acids is 1. The number of pyridine rings is 1. The van der Waals surface area contributed by atoms with Crippen LogP contribution in [0, 0.1) is 19.8 Å². The molecule has 0 saturated carbocycles. The highest BCUT2D eigenvalue weighted by Gasteiger charge is 2.21. The zero-order valence-electron chi connectivity index (χ0n) is 15.8. The molecule has 0 unspecified atom stereocenters. The van der Waals surface area contributed by atoms with Gasteiger partial charge in [-0.05, 0) is 75.4 Å². The summed E-state index contributed by atoms with van der Waals surface area (Å²) in [5.41, 5.74) is 2.27. The Hall–Kier alpha value is -2.14. The van der Waals surface area contributed by atoms with Gasteiger partial charge in [0.05, 0.1) is 6.54 Å². The molecule has 0 bridgehead atoms. The molecule has 1 amide bonds. The Balaban J connectivity index is 1.33. The standard InChI is InChI=1S/C21H29N3O2/c1-16-12-20(26-17(16)2)15-24-10-7-18(8-11-24)5-6-21(25)23-14-19-4-3-9-22-13-19/h3-4,9,12-13,18H,5-8,10-11,14-15H2,1-2H3,(H,23,25). The highest BCUT2D eigenvalue weighted by molar-refractivity contribution is 5.75. The highest BCUT2D eigenvalue weighted by atomic mass is 16.3. The number of hydrogen-bond acceptors (Lipinski definition) is 4. The van der Waals surface area contributed by atoms with Crippen LogP contribution in [-0.4, -0.2) is 28.9 Å². The molecule has 26 heavy (non-hydrogen) atoms. The number of aryl methyl sites for hydroxylation is 2. The second kappa shape index (κ2) is 8.99. The van der Waals surface area contributed by atoms with Crippen molar-refractivity contribution in [2.24, 2.45) is 5.92 Å². The minimum Gasteiger partial charge on any atom is -0.465 e. The SMILES string of the molecule is Cc1cc(CN2CCC(CCC(=O)NCc3cccnc3)CC2)oc1C. The van der Waals surface area contributed by atoms with Crippen molar-refractivity contribution in [2.75, 3.05) is 13.1 Å². The lowest BCUT2D eigenvalue weighted by Gasteiger charge is -2.31. The molecule has 0 atom stereocenters. The van der Waals surface area contributed by atoms with E-state index in [4.69, 9.17) is 4.42 Å². The second-order valence-electron chi connectivity index (χ2n) is 7.35. The average Bonchev–Trinajstić information content (AvgIpc) is 2.97. The molecule has 5 nitrogen and oxygen atoms in total. The van der Waals surface area contributed by atoms with Gasteiger partial charge >= 0.3 is 0 Å². The van der Waals surface area contributed by atoms with Crippen molar-refractivity contribution in [3.63, 3.8) is 0 Å². The molecule has 1 saturated heterocycles. The van der Waals surface area contributed by atoms with Crippen molar-refractivity contribution in [2.45, 2.75) is 52.6 Å². The summed E-state index contributed by atoms with van der Waals surface area (Å²) in [4.78, 5) is 18.6. The molecule has 140 valence electrons. The third kappa shape index (κ3) is 5.43. The molecule has 2 aromatic heterocycles. The maximum atomic E-state index is 12.0. The van der Waals surface area contributed by atoms with Crippen LogP contribution in [0.25, 0.3) is 0 Å². The Morgan fingerprint density at radius 2 is 2.15 bits per heavy atom. The molecule has 0 spiro atoms. The van der Waals surface area contributed by atoms with Crippen molar-refractivity contribution in [1.82, 2.24) is 15.2 Å². The zero-order chi connectivity index (χ0) is 18.4. The number of amides is 1. The van der Waals surface area contributed by atoms with Gasteiger partial charge in [-0.3, -0.25) is 14.7 Å². The maximum absolute atomic E-state index is 12.0. The lowest BCUT2D eigenvalue weighted by atomic mass is 9.92. The van der Waals surface area contributed by atoms with Crippen LogP contribution in [0.1, 0.15) is 48.3 Å². The van der Waals surface area contributed by atoms with Gasteiger partial charge < -0.3 is 9.73 Å². The number of nitrogens with zero attached hydrogens (tertiary/aromatic N) is 2. The first-order chi connectivity index (χ1) is 12.6. The van der Waals surface area contributed by atoms with Crippen LogP contribution in [0.5, 0.6) is 0 Å². The van der Waals surface area contributed by atoms with Gasteiger partial charge in [-0.1, -0.05) is 6.07 Å². The van der Waals surface area contributed by atoms with Crippen LogP contribution < -0.4 is 5.32 Å². The molecular weight excluding hydrogens is 326 g/mol. The van der Waals surface area contributed by atoms with Gasteiger partial charge in [0.2, 0.25) is 5.91 Å². The number of rotatable bonds is 7. The van der Waals surface area contributed by atoms with E-state index < -0.39 is 0 Å². The van der Waals surface area contributed by atoms with E-state index in [1.165, 1.54) is 5.56 Å². The minimum absolute atomic E-state index is 0.137. The summed E-state index contributed by atoms with van der Waals surface area (Å²) in [6.45, 7) is 7.74. The summed E-state index contributed by atoms with van der Waals surface area (Å²) < 4.78 is 5.79. The van der Waals surface area contributed by atoms with E-state index in [1.807, 2.05) is 19.1 Å². The zero-order valence-corrected chi connectivity index (χ0v) is 15.8. The molecule has 1 N–H and O–H groups in total. The van der Waals surface area contributed by atoms with Crippen molar-refractivity contribution < 1.29 is 9.21 Å². The largest absolute Gasteiger partial charge is 0.465 e. The molecule has 0 aromatic carbocycles. The summed E-state index contributed by atoms with van der Waals surface area (Å²) in [7, 11) is 0. The Bertz CT molecular complexity index is 684. The highest BCUT2D eigenvalue weighted by Crippen LogP contribution is 2.24. The van der Waals surface area contributed by atoms with Gasteiger partial charge in [0.25, 0.3) is 0 Å². The van der Waals surface area contributed by atoms with E-state index in [1.54, 1.807) is 12.4 Å². The predicted octanol–water partition coefficient (Wildman–Crippen LogP) is 3.60. The lowest BCUT2D eigenvalue weighted by molar-refractivity contribution is -0.121. The topological polar surface area (TPSA) is 58.4 Å². The van der Waals surface area contributed by atoms with E-state index in [2.05, 4.69) is 28.2 Å². The van der Waals surface area contributed by atoms with Crippen LogP contribution in [0.4, 0.5) is 0 Å². The molecule has 5 heteroatoms. The monoisotopic (exact) mass is 355 g/mol. The van der Waals surface area contributed by atoms with E-state index in [0.717, 1.165) is 56.0 Å². The summed E-state index contributed by atoms with van der Waals surface area (Å²) in [6, 6.07) is 6.01. The van der Waals surface area contributed by atoms with Crippen molar-refractivity contribution >= 4 is 5.91 Å². The van der Waals surface area contributed by atoms with E-state index in [-0.39, 0.29) is 5.91 Å². The molecule has 0 radical (unpaired) electrons. The minimum atomic E-state index is 0.137. The molecule has 0 aliphatic carbocycles. The quantitative estimate of drug-likeness (QED) is 0.824. The first-order valence-electron chi connectivity index (χ1n) is 9.54. The van der Waals surface area contributed by atoms with Crippen LogP contribution in [0.2, 0.25) is 0 Å². The smallest absolute Gasteiger partial charge is 0.220 e. The molecule has 1 fully saturated rings. The number of piperidine rings is 1. The van der Waals surface area contributed by atoms with E-state index in [0.29, 0.717) is 18.9 Å². The first-order valence-corrected chi connectivity index (χ1v) is 9.54. The lowest BCUT2D eigenvalue weighted by Crippen LogP contribution is -2.33. The summed E-state index contributed by atoms with van der Waals surface area (Å²) in [6.07, 6.45) is 7.44. The van der Waals surface area contributed by atoms with Gasteiger partial charge in [-0.25, -0.2) is 0 Å². The first kappa shape index (κ1) is 18.6. The number of nitrogens with one attached hydrogen (secondary N) is 1. The molecule has 3 heterocycles. The molecular formula is C21H29N3O2. The molecule has 2 aromatic rings. The second-order valence-corrected chi connectivity index (χ2v) is 7.35. The molecule has 1 aliphatic rings. The van der Waals surface area contributed by atoms with Crippen LogP contribution in [0.3, 0.4) is 0 Å². The fourth-order valence-electron chi connectivity index (χ4n) is 3.51. The van der Waals surface area contributed by atoms with Gasteiger partial charge in [0, 0.05) is 25.4 Å². The van der Waals surface area contributed by atoms with Gasteiger partial charge in [0.15, 0.2) is 0 Å². The maximum Gasteiger partial charge on any atom is 0.220 e. The Kier molecular flexibility index (Phi) is 6.45. The van der Waals surface area contributed by atoms with Crippen molar-refractivity contribution in [1.29, 1.82) is 0 Å². The number of aromatic nitrogens is 1. The fraction of sp³-hybridized carbons (Fsp3) is 0.524.